The summed E-state index contributed by atoms with van der Waals surface area (Å²) < 4.78 is 9.49. The molecule has 0 radical (unpaired) electrons. The molecule has 0 spiro atoms. The molecular weight excluding hydrogens is 400 g/mol. The van der Waals surface area contributed by atoms with Crippen LogP contribution < -0.4 is 10.8 Å². The molecule has 0 fully saturated rings. The Hall–Kier alpha value is -2.08. The maximum absolute atomic E-state index is 12.0. The number of carbonyl (C=O) groups is 1. The molecule has 0 saturated carbocycles. The summed E-state index contributed by atoms with van der Waals surface area (Å²) in [6.45, 7) is 1.50. The third kappa shape index (κ3) is 3.17. The van der Waals surface area contributed by atoms with Crippen molar-refractivity contribution in [2.75, 3.05) is 0 Å². The molecular formula is C20H18O2Te. The predicted molar refractivity (Wildman–Crippen MR) is 95.7 cm³/mol. The average molecular weight is 418 g/mol. The summed E-state index contributed by atoms with van der Waals surface area (Å²) in [5.41, 5.74) is 0. The summed E-state index contributed by atoms with van der Waals surface area (Å²) in [4.78, 5) is 12.0. The van der Waals surface area contributed by atoms with Gasteiger partial charge in [-0.2, -0.15) is 0 Å². The number of benzene rings is 3. The van der Waals surface area contributed by atoms with Gasteiger partial charge in [0.15, 0.2) is 0 Å². The number of hydrogen-bond acceptors (Lipinski definition) is 2. The minimum absolute atomic E-state index is 0.234. The summed E-state index contributed by atoms with van der Waals surface area (Å²) in [5, 5.41) is 0. The Labute approximate surface area is 141 Å². The van der Waals surface area contributed by atoms with Crippen molar-refractivity contribution in [3.63, 3.8) is 0 Å². The van der Waals surface area contributed by atoms with Gasteiger partial charge in [0.1, 0.15) is 0 Å². The first-order valence-corrected chi connectivity index (χ1v) is 11.9. The molecule has 0 aromatic heterocycles. The van der Waals surface area contributed by atoms with Crippen molar-refractivity contribution in [1.29, 1.82) is 0 Å². The molecule has 0 saturated heterocycles. The van der Waals surface area contributed by atoms with Crippen molar-refractivity contribution >= 4 is 35.4 Å². The minimum atomic E-state index is -3.53. The van der Waals surface area contributed by atoms with E-state index in [0.29, 0.717) is 0 Å². The fraction of sp³-hybridized carbons (Fsp3) is 0.0500. The van der Waals surface area contributed by atoms with Crippen LogP contribution in [0, 0.1) is 0 Å². The maximum atomic E-state index is 12.0. The van der Waals surface area contributed by atoms with Crippen molar-refractivity contribution in [2.24, 2.45) is 0 Å². The molecule has 116 valence electrons. The van der Waals surface area contributed by atoms with Gasteiger partial charge in [-0.25, -0.2) is 0 Å². The summed E-state index contributed by atoms with van der Waals surface area (Å²) in [7, 11) is 0. The molecule has 0 atom stereocenters. The van der Waals surface area contributed by atoms with Gasteiger partial charge in [-0.15, -0.1) is 0 Å². The van der Waals surface area contributed by atoms with E-state index < -0.39 is 18.6 Å². The number of rotatable bonds is 4. The second kappa shape index (κ2) is 7.00. The molecule has 3 heteroatoms. The quantitative estimate of drug-likeness (QED) is 0.608. The summed E-state index contributed by atoms with van der Waals surface area (Å²) in [6.07, 6.45) is 0. The SMILES string of the molecule is CC(=O)O[Te](c1ccccc1)(c1ccccc1)c1ccccc1. The van der Waals surface area contributed by atoms with E-state index in [1.807, 2.05) is 54.6 Å². The molecule has 0 amide bonds. The zero-order chi connectivity index (χ0) is 16.1. The van der Waals surface area contributed by atoms with Crippen LogP contribution >= 0.6 is 0 Å². The Kier molecular flexibility index (Phi) is 4.81. The first-order valence-electron chi connectivity index (χ1n) is 7.42. The molecule has 0 N–H and O–H groups in total. The summed E-state index contributed by atoms with van der Waals surface area (Å²) in [6, 6.07) is 30.4. The molecule has 0 aliphatic rings. The van der Waals surface area contributed by atoms with Crippen LogP contribution in [0.15, 0.2) is 91.0 Å². The third-order valence-corrected chi connectivity index (χ3v) is 12.9. The van der Waals surface area contributed by atoms with Gasteiger partial charge in [0, 0.05) is 0 Å². The molecule has 0 heterocycles. The van der Waals surface area contributed by atoms with Crippen LogP contribution in [0.1, 0.15) is 6.92 Å². The fourth-order valence-corrected chi connectivity index (χ4v) is 11.4. The van der Waals surface area contributed by atoms with Gasteiger partial charge in [0.2, 0.25) is 0 Å². The van der Waals surface area contributed by atoms with E-state index in [4.69, 9.17) is 3.10 Å². The van der Waals surface area contributed by atoms with Crippen molar-refractivity contribution in [3.8, 4) is 0 Å². The van der Waals surface area contributed by atoms with Gasteiger partial charge in [-0.05, 0) is 0 Å². The first-order chi connectivity index (χ1) is 11.2. The molecule has 0 bridgehead atoms. The molecule has 2 nitrogen and oxygen atoms in total. The standard InChI is InChI=1S/C20H18O2Te/c1-17(21)22-23(18-11-5-2-6-12-18,19-13-7-3-8-14-19)20-15-9-4-10-16-20/h2-16H,1H3. The van der Waals surface area contributed by atoms with Gasteiger partial charge in [-0.3, -0.25) is 0 Å². The Morgan fingerprint density at radius 2 is 0.957 bits per heavy atom. The summed E-state index contributed by atoms with van der Waals surface area (Å²) >= 11 is -3.53. The normalized spacial score (nSPS) is 11.7. The van der Waals surface area contributed by atoms with Gasteiger partial charge in [-0.1, -0.05) is 0 Å². The van der Waals surface area contributed by atoms with E-state index in [1.165, 1.54) is 6.92 Å². The Morgan fingerprint density at radius 1 is 0.652 bits per heavy atom. The van der Waals surface area contributed by atoms with E-state index in [9.17, 15) is 4.79 Å². The van der Waals surface area contributed by atoms with Gasteiger partial charge in [0.05, 0.1) is 0 Å². The van der Waals surface area contributed by atoms with Crippen LogP contribution in [-0.2, 0) is 7.90 Å². The Morgan fingerprint density at radius 3 is 1.22 bits per heavy atom. The zero-order valence-electron chi connectivity index (χ0n) is 12.9. The van der Waals surface area contributed by atoms with Crippen LogP contribution in [-0.4, -0.2) is 24.6 Å². The predicted octanol–water partition coefficient (Wildman–Crippen LogP) is 2.22. The molecule has 0 aliphatic carbocycles. The Balaban J connectivity index is 2.32. The van der Waals surface area contributed by atoms with E-state index in [2.05, 4.69) is 36.4 Å². The van der Waals surface area contributed by atoms with Gasteiger partial charge >= 0.3 is 141 Å². The second-order valence-electron chi connectivity index (χ2n) is 5.07. The molecule has 23 heavy (non-hydrogen) atoms. The Bertz CT molecular complexity index is 674. The van der Waals surface area contributed by atoms with Crippen LogP contribution in [0.3, 0.4) is 0 Å². The number of carbonyl (C=O) groups excluding carboxylic acids is 1. The van der Waals surface area contributed by atoms with E-state index in [1.54, 1.807) is 0 Å². The van der Waals surface area contributed by atoms with Crippen LogP contribution in [0.25, 0.3) is 0 Å². The zero-order valence-corrected chi connectivity index (χ0v) is 15.2. The van der Waals surface area contributed by atoms with Gasteiger partial charge in [0.25, 0.3) is 0 Å². The van der Waals surface area contributed by atoms with Gasteiger partial charge < -0.3 is 0 Å². The van der Waals surface area contributed by atoms with E-state index in [-0.39, 0.29) is 5.97 Å². The van der Waals surface area contributed by atoms with Crippen LogP contribution in [0.4, 0.5) is 0 Å². The second-order valence-corrected chi connectivity index (χ2v) is 12.8. The van der Waals surface area contributed by atoms with Crippen LogP contribution in [0.5, 0.6) is 0 Å². The fourth-order valence-electron chi connectivity index (χ4n) is 2.57. The van der Waals surface area contributed by atoms with Crippen molar-refractivity contribution in [2.45, 2.75) is 6.92 Å². The molecule has 3 aromatic rings. The van der Waals surface area contributed by atoms with Crippen molar-refractivity contribution < 1.29 is 7.90 Å². The van der Waals surface area contributed by atoms with E-state index >= 15 is 0 Å². The molecule has 0 aliphatic heterocycles. The molecule has 0 unspecified atom stereocenters. The average Bonchev–Trinajstić information content (AvgIpc) is 2.62. The number of hydrogen-bond donors (Lipinski definition) is 0. The monoisotopic (exact) mass is 420 g/mol. The third-order valence-electron chi connectivity index (χ3n) is 3.47. The first kappa shape index (κ1) is 15.8. The van der Waals surface area contributed by atoms with Crippen molar-refractivity contribution in [3.05, 3.63) is 91.0 Å². The topological polar surface area (TPSA) is 26.3 Å². The van der Waals surface area contributed by atoms with E-state index in [0.717, 1.165) is 10.8 Å². The van der Waals surface area contributed by atoms with Crippen molar-refractivity contribution in [1.82, 2.24) is 0 Å². The molecule has 3 aromatic carbocycles. The van der Waals surface area contributed by atoms with Crippen LogP contribution in [0.2, 0.25) is 0 Å². The molecule has 3 rings (SSSR count). The summed E-state index contributed by atoms with van der Waals surface area (Å²) in [5.74, 6) is -0.234.